The predicted octanol–water partition coefficient (Wildman–Crippen LogP) is 0.364. The minimum Gasteiger partial charge on any atom is -0.383 e. The fourth-order valence-electron chi connectivity index (χ4n) is 2.69. The van der Waals surface area contributed by atoms with Gasteiger partial charge in [0, 0.05) is 51.6 Å². The Balaban J connectivity index is 1.59. The summed E-state index contributed by atoms with van der Waals surface area (Å²) in [4.78, 5) is 13.9. The highest BCUT2D eigenvalue weighted by Crippen LogP contribution is 2.17. The molecule has 7 nitrogen and oxygen atoms in total. The van der Waals surface area contributed by atoms with Crippen LogP contribution < -0.4 is 10.2 Å². The van der Waals surface area contributed by atoms with Gasteiger partial charge in [0.15, 0.2) is 0 Å². The van der Waals surface area contributed by atoms with Crippen LogP contribution in [0, 0.1) is 6.92 Å². The molecule has 2 saturated heterocycles. The van der Waals surface area contributed by atoms with E-state index in [0.717, 1.165) is 70.0 Å². The second-order valence-electron chi connectivity index (χ2n) is 5.89. The first kappa shape index (κ1) is 15.5. The highest BCUT2D eigenvalue weighted by molar-refractivity contribution is 5.44. The van der Waals surface area contributed by atoms with Crippen molar-refractivity contribution in [2.24, 2.45) is 0 Å². The van der Waals surface area contributed by atoms with Crippen molar-refractivity contribution in [3.63, 3.8) is 0 Å². The van der Waals surface area contributed by atoms with Crippen LogP contribution in [0.2, 0.25) is 0 Å². The molecule has 0 aliphatic carbocycles. The Bertz CT molecular complexity index is 487. The summed E-state index contributed by atoms with van der Waals surface area (Å²) in [6, 6.07) is 2.38. The molecule has 0 saturated carbocycles. The summed E-state index contributed by atoms with van der Waals surface area (Å²) in [5, 5.41) is 3.41. The van der Waals surface area contributed by atoms with Crippen LogP contribution >= 0.6 is 0 Å². The zero-order valence-electron chi connectivity index (χ0n) is 13.4. The van der Waals surface area contributed by atoms with E-state index in [1.54, 1.807) is 7.11 Å². The average Bonchev–Trinajstić information content (AvgIpc) is 2.49. The van der Waals surface area contributed by atoms with Gasteiger partial charge in [0.25, 0.3) is 0 Å². The summed E-state index contributed by atoms with van der Waals surface area (Å²) in [5.41, 5.74) is 0.995. The van der Waals surface area contributed by atoms with E-state index in [0.29, 0.717) is 6.04 Å². The second kappa shape index (κ2) is 7.21. The number of piperazine rings is 1. The van der Waals surface area contributed by atoms with Crippen molar-refractivity contribution in [3.05, 3.63) is 11.8 Å². The molecule has 2 aliphatic heterocycles. The van der Waals surface area contributed by atoms with E-state index >= 15 is 0 Å². The van der Waals surface area contributed by atoms with Gasteiger partial charge < -0.3 is 19.7 Å². The topological polar surface area (TPSA) is 62.8 Å². The molecule has 0 aromatic carbocycles. The standard InChI is InChI=1S/C15H25N5O2/c1-12-9-14(17-13-10-22-11-13)18-15(16-12)20-5-3-19(4-6-20)7-8-21-2/h9,13H,3-8,10-11H2,1-2H3,(H,16,17,18). The molecule has 3 heterocycles. The van der Waals surface area contributed by atoms with Gasteiger partial charge in [-0.1, -0.05) is 0 Å². The van der Waals surface area contributed by atoms with Gasteiger partial charge in [-0.25, -0.2) is 4.98 Å². The van der Waals surface area contributed by atoms with Crippen LogP contribution in [0.25, 0.3) is 0 Å². The molecule has 1 aromatic rings. The Morgan fingerprint density at radius 2 is 2.05 bits per heavy atom. The lowest BCUT2D eigenvalue weighted by Crippen LogP contribution is -2.48. The Hall–Kier alpha value is -1.44. The van der Waals surface area contributed by atoms with E-state index in [2.05, 4.69) is 25.1 Å². The number of hydrogen-bond acceptors (Lipinski definition) is 7. The minimum atomic E-state index is 0.382. The lowest BCUT2D eigenvalue weighted by atomic mass is 10.2. The molecule has 2 fully saturated rings. The van der Waals surface area contributed by atoms with Crippen LogP contribution in [-0.4, -0.2) is 80.6 Å². The summed E-state index contributed by atoms with van der Waals surface area (Å²) >= 11 is 0. The van der Waals surface area contributed by atoms with Crippen molar-refractivity contribution in [1.82, 2.24) is 14.9 Å². The number of anilines is 2. The molecule has 22 heavy (non-hydrogen) atoms. The summed E-state index contributed by atoms with van der Waals surface area (Å²) in [6.45, 7) is 9.29. The first-order valence-corrected chi connectivity index (χ1v) is 7.91. The Kier molecular flexibility index (Phi) is 5.07. The normalized spacial score (nSPS) is 20.0. The van der Waals surface area contributed by atoms with Crippen LogP contribution in [0.1, 0.15) is 5.69 Å². The van der Waals surface area contributed by atoms with Crippen molar-refractivity contribution in [1.29, 1.82) is 0 Å². The van der Waals surface area contributed by atoms with E-state index in [9.17, 15) is 0 Å². The van der Waals surface area contributed by atoms with Gasteiger partial charge in [-0.15, -0.1) is 0 Å². The monoisotopic (exact) mass is 307 g/mol. The van der Waals surface area contributed by atoms with E-state index in [4.69, 9.17) is 9.47 Å². The van der Waals surface area contributed by atoms with Gasteiger partial charge in [0.2, 0.25) is 5.95 Å². The number of hydrogen-bond donors (Lipinski definition) is 1. The maximum Gasteiger partial charge on any atom is 0.227 e. The van der Waals surface area contributed by atoms with E-state index in [1.165, 1.54) is 0 Å². The predicted molar refractivity (Wildman–Crippen MR) is 85.5 cm³/mol. The fraction of sp³-hybridized carbons (Fsp3) is 0.733. The van der Waals surface area contributed by atoms with Gasteiger partial charge in [-0.2, -0.15) is 4.98 Å². The lowest BCUT2D eigenvalue weighted by molar-refractivity contribution is 0.0209. The first-order chi connectivity index (χ1) is 10.7. The van der Waals surface area contributed by atoms with Gasteiger partial charge >= 0.3 is 0 Å². The molecule has 7 heteroatoms. The van der Waals surface area contributed by atoms with E-state index in [-0.39, 0.29) is 0 Å². The van der Waals surface area contributed by atoms with Crippen molar-refractivity contribution in [3.8, 4) is 0 Å². The largest absolute Gasteiger partial charge is 0.383 e. The van der Waals surface area contributed by atoms with Gasteiger partial charge in [-0.3, -0.25) is 4.90 Å². The van der Waals surface area contributed by atoms with Crippen LogP contribution in [-0.2, 0) is 9.47 Å². The Labute approximate surface area is 131 Å². The van der Waals surface area contributed by atoms with Crippen molar-refractivity contribution in [2.75, 3.05) is 69.9 Å². The maximum absolute atomic E-state index is 5.20. The SMILES string of the molecule is COCCN1CCN(c2nc(C)cc(NC3COC3)n2)CC1. The molecule has 2 aliphatic rings. The second-order valence-corrected chi connectivity index (χ2v) is 5.89. The maximum atomic E-state index is 5.20. The fourth-order valence-corrected chi connectivity index (χ4v) is 2.69. The van der Waals surface area contributed by atoms with Gasteiger partial charge in [0.1, 0.15) is 5.82 Å². The van der Waals surface area contributed by atoms with Crippen molar-refractivity contribution < 1.29 is 9.47 Å². The molecular weight excluding hydrogens is 282 g/mol. The molecule has 1 N–H and O–H groups in total. The molecule has 1 aromatic heterocycles. The molecule has 0 atom stereocenters. The third-order valence-electron chi connectivity index (χ3n) is 4.10. The van der Waals surface area contributed by atoms with E-state index < -0.39 is 0 Å². The molecule has 0 unspecified atom stereocenters. The summed E-state index contributed by atoms with van der Waals surface area (Å²) in [6.07, 6.45) is 0. The van der Waals surface area contributed by atoms with Gasteiger partial charge in [0.05, 0.1) is 25.9 Å². The molecule has 0 spiro atoms. The lowest BCUT2D eigenvalue weighted by Gasteiger charge is -2.35. The molecular formula is C15H25N5O2. The minimum absolute atomic E-state index is 0.382. The highest BCUT2D eigenvalue weighted by atomic mass is 16.5. The van der Waals surface area contributed by atoms with Crippen LogP contribution in [0.5, 0.6) is 0 Å². The Morgan fingerprint density at radius 1 is 1.27 bits per heavy atom. The van der Waals surface area contributed by atoms with Crippen molar-refractivity contribution in [2.45, 2.75) is 13.0 Å². The average molecular weight is 307 g/mol. The zero-order valence-corrected chi connectivity index (χ0v) is 13.4. The third kappa shape index (κ3) is 3.85. The van der Waals surface area contributed by atoms with Crippen molar-refractivity contribution >= 4 is 11.8 Å². The number of nitrogens with one attached hydrogen (secondary N) is 1. The molecule has 3 rings (SSSR count). The van der Waals surface area contributed by atoms with Crippen LogP contribution in [0.15, 0.2) is 6.07 Å². The van der Waals surface area contributed by atoms with Crippen LogP contribution in [0.4, 0.5) is 11.8 Å². The molecule has 122 valence electrons. The number of rotatable bonds is 6. The Morgan fingerprint density at radius 3 is 2.68 bits per heavy atom. The zero-order chi connectivity index (χ0) is 15.4. The number of aromatic nitrogens is 2. The number of nitrogens with zero attached hydrogens (tertiary/aromatic N) is 4. The summed E-state index contributed by atoms with van der Waals surface area (Å²) in [7, 11) is 1.75. The summed E-state index contributed by atoms with van der Waals surface area (Å²) < 4.78 is 10.3. The first-order valence-electron chi connectivity index (χ1n) is 7.91. The van der Waals surface area contributed by atoms with Crippen LogP contribution in [0.3, 0.4) is 0 Å². The number of aryl methyl sites for hydroxylation is 1. The quantitative estimate of drug-likeness (QED) is 0.814. The molecule has 0 bridgehead atoms. The van der Waals surface area contributed by atoms with Gasteiger partial charge in [-0.05, 0) is 6.92 Å². The number of methoxy groups -OCH3 is 1. The smallest absolute Gasteiger partial charge is 0.227 e. The molecule has 0 amide bonds. The third-order valence-corrected chi connectivity index (χ3v) is 4.10. The molecule has 0 radical (unpaired) electrons. The van der Waals surface area contributed by atoms with E-state index in [1.807, 2.05) is 13.0 Å². The highest BCUT2D eigenvalue weighted by Gasteiger charge is 2.21. The summed E-state index contributed by atoms with van der Waals surface area (Å²) in [5.74, 6) is 1.73. The number of ether oxygens (including phenoxy) is 2.